The summed E-state index contributed by atoms with van der Waals surface area (Å²) in [5, 5.41) is 11.1. The molecule has 0 aromatic heterocycles. The molecule has 1 rings (SSSR count). The Balaban J connectivity index is 2.27. The van der Waals surface area contributed by atoms with Gasteiger partial charge in [-0.05, 0) is 68.4 Å². The van der Waals surface area contributed by atoms with Gasteiger partial charge in [-0.2, -0.15) is 12.6 Å². The lowest BCUT2D eigenvalue weighted by atomic mass is 9.92. The quantitative estimate of drug-likeness (QED) is 0.0517. The smallest absolute Gasteiger partial charge is 0.374 e. The van der Waals surface area contributed by atoms with Crippen molar-refractivity contribution in [2.24, 2.45) is 0 Å². The highest BCUT2D eigenvalue weighted by Crippen LogP contribution is 2.28. The topological polar surface area (TPSA) is 82.1 Å². The zero-order chi connectivity index (χ0) is 26.7. The van der Waals surface area contributed by atoms with E-state index >= 15 is 0 Å². The highest BCUT2D eigenvalue weighted by molar-refractivity contribution is 7.80. The van der Waals surface area contributed by atoms with Gasteiger partial charge in [0.15, 0.2) is 0 Å². The summed E-state index contributed by atoms with van der Waals surface area (Å²) in [6.45, 7) is 4.75. The molecule has 0 amide bonds. The third-order valence-electron chi connectivity index (χ3n) is 6.16. The van der Waals surface area contributed by atoms with Crippen LogP contribution in [0.15, 0.2) is 24.3 Å². The molecule has 9 heteroatoms. The number of aliphatic hydroxyl groups is 1. The molecule has 4 unspecified atom stereocenters. The molecular formula is C27H46ClO6PS. The highest BCUT2D eigenvalue weighted by atomic mass is 35.5. The minimum absolute atomic E-state index is 0.0575. The van der Waals surface area contributed by atoms with Crippen LogP contribution in [0.1, 0.15) is 96.0 Å². The number of ether oxygens (including phenoxy) is 3. The van der Waals surface area contributed by atoms with Gasteiger partial charge >= 0.3 is 11.5 Å². The molecule has 0 fully saturated rings. The van der Waals surface area contributed by atoms with Gasteiger partial charge in [-0.3, -0.25) is 0 Å². The van der Waals surface area contributed by atoms with Crippen molar-refractivity contribution in [1.82, 2.24) is 0 Å². The summed E-state index contributed by atoms with van der Waals surface area (Å²) in [6, 6.07) is 7.63. The van der Waals surface area contributed by atoms with Crippen molar-refractivity contribution < 1.29 is 28.7 Å². The Morgan fingerprint density at radius 3 is 2.31 bits per heavy atom. The number of carbonyl (C=O) groups is 1. The predicted molar refractivity (Wildman–Crippen MR) is 152 cm³/mol. The molecule has 208 valence electrons. The van der Waals surface area contributed by atoms with E-state index in [0.717, 1.165) is 37.0 Å². The number of halogens is 1. The molecule has 0 heterocycles. The van der Waals surface area contributed by atoms with Crippen LogP contribution in [0.5, 0.6) is 0 Å². The molecule has 0 radical (unpaired) electrons. The van der Waals surface area contributed by atoms with Crippen LogP contribution in [0.4, 0.5) is 0 Å². The summed E-state index contributed by atoms with van der Waals surface area (Å²) in [5.74, 6) is 0.168. The average molecular weight is 565 g/mol. The number of benzene rings is 1. The van der Waals surface area contributed by atoms with Crippen LogP contribution < -0.4 is 0 Å². The lowest BCUT2D eigenvalue weighted by molar-refractivity contribution is -0.196. The van der Waals surface area contributed by atoms with Gasteiger partial charge in [0.1, 0.15) is 8.46 Å². The largest absolute Gasteiger partial charge is 0.461 e. The fraction of sp³-hybridized carbons (Fsp3) is 0.741. The number of hydrogen-bond acceptors (Lipinski definition) is 7. The fourth-order valence-corrected chi connectivity index (χ4v) is 4.72. The summed E-state index contributed by atoms with van der Waals surface area (Å²) in [5.41, 5.74) is -1.27. The number of carbonyl (C=O) groups excluding carboxylic acids is 1. The van der Waals surface area contributed by atoms with Crippen LogP contribution in [0.25, 0.3) is 0 Å². The first-order valence-electron chi connectivity index (χ1n) is 13.3. The first-order chi connectivity index (χ1) is 17.4. The zero-order valence-electron chi connectivity index (χ0n) is 22.0. The molecule has 0 bridgehead atoms. The maximum atomic E-state index is 12.4. The summed E-state index contributed by atoms with van der Waals surface area (Å²) in [4.78, 5) is 12.4. The Labute approximate surface area is 229 Å². The molecule has 0 spiro atoms. The number of unbranched alkanes of at least 4 members (excludes halogenated alkanes) is 5. The number of hydrogen-bond donors (Lipinski definition) is 2. The standard InChI is InChI=1S/C27H46ClO6PS/c1-3-11-23(24-13-15-25(28)16-14-24)17-20-33-26(29)27(30,35-31)34-19-10-18-32-22(2)12-8-6-4-5-7-9-21-36/h13-16,22-23,30,36H,3-12,17-21,35H2,1-2H3. The van der Waals surface area contributed by atoms with Gasteiger partial charge in [-0.1, -0.05) is 69.2 Å². The van der Waals surface area contributed by atoms with E-state index in [1.807, 2.05) is 31.2 Å². The Morgan fingerprint density at radius 2 is 1.67 bits per heavy atom. The minimum Gasteiger partial charge on any atom is -0.461 e. The Bertz CT molecular complexity index is 723. The van der Waals surface area contributed by atoms with Gasteiger partial charge in [0.05, 0.1) is 19.3 Å². The second-order valence-corrected chi connectivity index (χ2v) is 11.2. The Hall–Kier alpha value is -0.560. The first-order valence-corrected chi connectivity index (χ1v) is 15.4. The van der Waals surface area contributed by atoms with E-state index in [0.29, 0.717) is 24.5 Å². The fourth-order valence-electron chi connectivity index (χ4n) is 4.00. The SMILES string of the molecule is CCCC(CCOC(=O)C(O)(OCCCOC(C)CCCCCCCCS)[PH2]=O)c1ccc(Cl)cc1. The van der Waals surface area contributed by atoms with Gasteiger partial charge in [0, 0.05) is 11.6 Å². The van der Waals surface area contributed by atoms with E-state index in [9.17, 15) is 14.5 Å². The number of rotatable bonds is 22. The maximum absolute atomic E-state index is 12.4. The van der Waals surface area contributed by atoms with Crippen LogP contribution in [-0.2, 0) is 23.6 Å². The monoisotopic (exact) mass is 564 g/mol. The van der Waals surface area contributed by atoms with Crippen LogP contribution in [0, 0.1) is 0 Å². The normalized spacial score (nSPS) is 15.1. The second-order valence-electron chi connectivity index (χ2n) is 9.29. The van der Waals surface area contributed by atoms with Gasteiger partial charge in [-0.25, -0.2) is 4.79 Å². The molecule has 0 aliphatic carbocycles. The molecule has 4 atom stereocenters. The van der Waals surface area contributed by atoms with Gasteiger partial charge in [-0.15, -0.1) is 0 Å². The van der Waals surface area contributed by atoms with Crippen LogP contribution >= 0.6 is 32.7 Å². The van der Waals surface area contributed by atoms with E-state index in [1.54, 1.807) is 0 Å². The highest BCUT2D eigenvalue weighted by Gasteiger charge is 2.38. The van der Waals surface area contributed by atoms with Gasteiger partial charge in [0.2, 0.25) is 0 Å². The molecule has 36 heavy (non-hydrogen) atoms. The zero-order valence-corrected chi connectivity index (χ0v) is 24.8. The molecule has 0 aliphatic rings. The van der Waals surface area contributed by atoms with Gasteiger partial charge < -0.3 is 23.9 Å². The average Bonchev–Trinajstić information content (AvgIpc) is 2.87. The summed E-state index contributed by atoms with van der Waals surface area (Å²) >= 11 is 10.2. The molecule has 1 aromatic carbocycles. The van der Waals surface area contributed by atoms with Crippen molar-refractivity contribution in [2.45, 2.75) is 102 Å². The molecular weight excluding hydrogens is 519 g/mol. The van der Waals surface area contributed by atoms with Crippen molar-refractivity contribution >= 4 is 38.7 Å². The first kappa shape index (κ1) is 33.5. The van der Waals surface area contributed by atoms with Crippen molar-refractivity contribution in [2.75, 3.05) is 25.6 Å². The molecule has 0 aliphatic heterocycles. The van der Waals surface area contributed by atoms with E-state index < -0.39 is 20.0 Å². The van der Waals surface area contributed by atoms with E-state index in [4.69, 9.17) is 25.8 Å². The minimum atomic E-state index is -2.39. The van der Waals surface area contributed by atoms with Crippen LogP contribution in [0.3, 0.4) is 0 Å². The van der Waals surface area contributed by atoms with Crippen LogP contribution in [0.2, 0.25) is 5.02 Å². The lowest BCUT2D eigenvalue weighted by Crippen LogP contribution is -2.38. The molecule has 0 saturated heterocycles. The predicted octanol–water partition coefficient (Wildman–Crippen LogP) is 7.03. The molecule has 6 nitrogen and oxygen atoms in total. The number of esters is 1. The molecule has 1 aromatic rings. The lowest BCUT2D eigenvalue weighted by Gasteiger charge is -2.22. The van der Waals surface area contributed by atoms with Crippen molar-refractivity contribution in [3.05, 3.63) is 34.9 Å². The van der Waals surface area contributed by atoms with Crippen molar-refractivity contribution in [3.63, 3.8) is 0 Å². The van der Waals surface area contributed by atoms with E-state index in [2.05, 4.69) is 19.6 Å². The van der Waals surface area contributed by atoms with Crippen molar-refractivity contribution in [3.8, 4) is 0 Å². The summed E-state index contributed by atoms with van der Waals surface area (Å²) in [6.07, 6.45) is 11.5. The second kappa shape index (κ2) is 20.4. The van der Waals surface area contributed by atoms with Gasteiger partial charge in [0.25, 0.3) is 0 Å². The Morgan fingerprint density at radius 1 is 1.00 bits per heavy atom. The third-order valence-corrected chi connectivity index (χ3v) is 7.45. The third kappa shape index (κ3) is 14.4. The molecule has 0 saturated carbocycles. The van der Waals surface area contributed by atoms with Crippen molar-refractivity contribution in [1.29, 1.82) is 0 Å². The summed E-state index contributed by atoms with van der Waals surface area (Å²) in [7, 11) is -1.92. The molecule has 1 N–H and O–H groups in total. The number of thiol groups is 1. The van der Waals surface area contributed by atoms with E-state index in [1.165, 1.54) is 32.1 Å². The Kier molecular flexibility index (Phi) is 19.0. The van der Waals surface area contributed by atoms with E-state index in [-0.39, 0.29) is 25.2 Å². The maximum Gasteiger partial charge on any atom is 0.374 e. The van der Waals surface area contributed by atoms with Crippen LogP contribution in [-0.4, -0.2) is 48.3 Å². The summed E-state index contributed by atoms with van der Waals surface area (Å²) < 4.78 is 27.9.